The van der Waals surface area contributed by atoms with Crippen molar-refractivity contribution in [3.05, 3.63) is 0 Å². The van der Waals surface area contributed by atoms with Gasteiger partial charge in [0.15, 0.2) is 0 Å². The van der Waals surface area contributed by atoms with Crippen LogP contribution in [0.25, 0.3) is 0 Å². The van der Waals surface area contributed by atoms with Crippen LogP contribution in [0.3, 0.4) is 0 Å². The standard InChI is InChI=1S/C14H25NO2S/c16-13(12-3-1-2-4-12)10-15-14(17)9-11-5-7-18-8-6-11/h11-13,16H,1-10H2,(H,15,17). The SMILES string of the molecule is O=C(CC1CCSCC1)NCC(O)C1CCCC1. The highest BCUT2D eigenvalue weighted by Gasteiger charge is 2.24. The van der Waals surface area contributed by atoms with Gasteiger partial charge in [-0.1, -0.05) is 12.8 Å². The van der Waals surface area contributed by atoms with Crippen LogP contribution >= 0.6 is 11.8 Å². The quantitative estimate of drug-likeness (QED) is 0.806. The number of rotatable bonds is 5. The first-order valence-electron chi connectivity index (χ1n) is 7.28. The molecule has 18 heavy (non-hydrogen) atoms. The second-order valence-electron chi connectivity index (χ2n) is 5.68. The largest absolute Gasteiger partial charge is 0.391 e. The lowest BCUT2D eigenvalue weighted by molar-refractivity contribution is -0.122. The van der Waals surface area contributed by atoms with Crippen LogP contribution in [-0.2, 0) is 4.79 Å². The summed E-state index contributed by atoms with van der Waals surface area (Å²) in [4.78, 5) is 11.8. The molecule has 1 saturated carbocycles. The highest BCUT2D eigenvalue weighted by Crippen LogP contribution is 2.27. The van der Waals surface area contributed by atoms with Gasteiger partial charge in [-0.15, -0.1) is 0 Å². The molecule has 1 saturated heterocycles. The molecule has 2 N–H and O–H groups in total. The van der Waals surface area contributed by atoms with Crippen LogP contribution in [0.1, 0.15) is 44.9 Å². The molecule has 1 aliphatic heterocycles. The molecule has 2 rings (SSSR count). The molecule has 104 valence electrons. The monoisotopic (exact) mass is 271 g/mol. The zero-order chi connectivity index (χ0) is 12.8. The van der Waals surface area contributed by atoms with E-state index in [1.54, 1.807) is 0 Å². The van der Waals surface area contributed by atoms with Crippen molar-refractivity contribution in [3.8, 4) is 0 Å². The Morgan fingerprint density at radius 1 is 1.22 bits per heavy atom. The Bertz CT molecular complexity index is 261. The van der Waals surface area contributed by atoms with E-state index >= 15 is 0 Å². The van der Waals surface area contributed by atoms with Gasteiger partial charge in [0.25, 0.3) is 0 Å². The van der Waals surface area contributed by atoms with Crippen molar-refractivity contribution in [2.75, 3.05) is 18.1 Å². The van der Waals surface area contributed by atoms with Gasteiger partial charge in [-0.2, -0.15) is 11.8 Å². The number of amides is 1. The van der Waals surface area contributed by atoms with Crippen molar-refractivity contribution < 1.29 is 9.90 Å². The zero-order valence-electron chi connectivity index (χ0n) is 11.1. The molecular formula is C14H25NO2S. The molecule has 1 aliphatic carbocycles. The first-order valence-corrected chi connectivity index (χ1v) is 8.43. The van der Waals surface area contributed by atoms with Crippen LogP contribution in [0.15, 0.2) is 0 Å². The van der Waals surface area contributed by atoms with E-state index in [1.807, 2.05) is 11.8 Å². The Morgan fingerprint density at radius 3 is 2.56 bits per heavy atom. The van der Waals surface area contributed by atoms with E-state index in [4.69, 9.17) is 0 Å². The van der Waals surface area contributed by atoms with Gasteiger partial charge in [-0.05, 0) is 49.0 Å². The molecule has 0 aromatic heterocycles. The maximum atomic E-state index is 11.8. The summed E-state index contributed by atoms with van der Waals surface area (Å²) in [5.74, 6) is 3.50. The highest BCUT2D eigenvalue weighted by molar-refractivity contribution is 7.99. The number of thioether (sulfide) groups is 1. The predicted octanol–water partition coefficient (Wildman–Crippen LogP) is 2.19. The van der Waals surface area contributed by atoms with Gasteiger partial charge in [-0.3, -0.25) is 4.79 Å². The number of carbonyl (C=O) groups excluding carboxylic acids is 1. The first-order chi connectivity index (χ1) is 8.75. The summed E-state index contributed by atoms with van der Waals surface area (Å²) >= 11 is 1.99. The second kappa shape index (κ2) is 7.39. The van der Waals surface area contributed by atoms with Crippen LogP contribution in [0.5, 0.6) is 0 Å². The van der Waals surface area contributed by atoms with Crippen LogP contribution in [0.2, 0.25) is 0 Å². The molecule has 0 aromatic carbocycles. The average Bonchev–Trinajstić information content (AvgIpc) is 2.91. The van der Waals surface area contributed by atoms with E-state index in [9.17, 15) is 9.90 Å². The number of hydrogen-bond acceptors (Lipinski definition) is 3. The molecule has 4 heteroatoms. The summed E-state index contributed by atoms with van der Waals surface area (Å²) in [5, 5.41) is 12.9. The molecule has 0 spiro atoms. The van der Waals surface area contributed by atoms with E-state index in [0.29, 0.717) is 24.8 Å². The summed E-state index contributed by atoms with van der Waals surface area (Å²) in [6.07, 6.45) is 7.36. The van der Waals surface area contributed by atoms with Crippen molar-refractivity contribution in [2.24, 2.45) is 11.8 Å². The third-order valence-electron chi connectivity index (χ3n) is 4.27. The van der Waals surface area contributed by atoms with Gasteiger partial charge in [0.2, 0.25) is 5.91 Å². The van der Waals surface area contributed by atoms with Crippen molar-refractivity contribution >= 4 is 17.7 Å². The molecule has 0 aromatic rings. The number of aliphatic hydroxyl groups is 1. The minimum atomic E-state index is -0.335. The van der Waals surface area contributed by atoms with Gasteiger partial charge in [0.05, 0.1) is 6.10 Å². The third-order valence-corrected chi connectivity index (χ3v) is 5.32. The number of carbonyl (C=O) groups is 1. The zero-order valence-corrected chi connectivity index (χ0v) is 11.9. The van der Waals surface area contributed by atoms with Crippen LogP contribution in [-0.4, -0.2) is 35.2 Å². The molecule has 1 amide bonds. The minimum absolute atomic E-state index is 0.129. The summed E-state index contributed by atoms with van der Waals surface area (Å²) in [6, 6.07) is 0. The molecule has 1 heterocycles. The fraction of sp³-hybridized carbons (Fsp3) is 0.929. The van der Waals surface area contributed by atoms with Gasteiger partial charge >= 0.3 is 0 Å². The average molecular weight is 271 g/mol. The van der Waals surface area contributed by atoms with E-state index in [0.717, 1.165) is 12.8 Å². The van der Waals surface area contributed by atoms with E-state index in [1.165, 1.54) is 37.2 Å². The summed E-state index contributed by atoms with van der Waals surface area (Å²) in [6.45, 7) is 0.449. The number of hydrogen-bond donors (Lipinski definition) is 2. The van der Waals surface area contributed by atoms with Crippen molar-refractivity contribution in [1.29, 1.82) is 0 Å². The lowest BCUT2D eigenvalue weighted by Gasteiger charge is -2.22. The molecule has 1 unspecified atom stereocenters. The van der Waals surface area contributed by atoms with Gasteiger partial charge in [0, 0.05) is 13.0 Å². The van der Waals surface area contributed by atoms with Crippen LogP contribution in [0.4, 0.5) is 0 Å². The lowest BCUT2D eigenvalue weighted by Crippen LogP contribution is -2.36. The maximum Gasteiger partial charge on any atom is 0.220 e. The Hall–Kier alpha value is -0.220. The maximum absolute atomic E-state index is 11.8. The molecule has 3 nitrogen and oxygen atoms in total. The van der Waals surface area contributed by atoms with Crippen molar-refractivity contribution in [2.45, 2.75) is 51.0 Å². The Morgan fingerprint density at radius 2 is 1.89 bits per heavy atom. The van der Waals surface area contributed by atoms with E-state index in [-0.39, 0.29) is 12.0 Å². The smallest absolute Gasteiger partial charge is 0.220 e. The molecule has 2 aliphatic rings. The number of nitrogens with one attached hydrogen (secondary N) is 1. The topological polar surface area (TPSA) is 49.3 Å². The Kier molecular flexibility index (Phi) is 5.83. The Balaban J connectivity index is 1.61. The van der Waals surface area contributed by atoms with Crippen LogP contribution in [0, 0.1) is 11.8 Å². The summed E-state index contributed by atoms with van der Waals surface area (Å²) < 4.78 is 0. The number of aliphatic hydroxyl groups excluding tert-OH is 1. The van der Waals surface area contributed by atoms with E-state index in [2.05, 4.69) is 5.32 Å². The molecule has 0 bridgehead atoms. The van der Waals surface area contributed by atoms with Crippen LogP contribution < -0.4 is 5.32 Å². The second-order valence-corrected chi connectivity index (χ2v) is 6.90. The lowest BCUT2D eigenvalue weighted by atomic mass is 9.98. The minimum Gasteiger partial charge on any atom is -0.391 e. The first kappa shape index (κ1) is 14.2. The molecular weight excluding hydrogens is 246 g/mol. The third kappa shape index (κ3) is 4.47. The Labute approximate surface area is 114 Å². The van der Waals surface area contributed by atoms with Crippen molar-refractivity contribution in [1.82, 2.24) is 5.32 Å². The van der Waals surface area contributed by atoms with Gasteiger partial charge in [-0.25, -0.2) is 0 Å². The summed E-state index contributed by atoms with van der Waals surface area (Å²) in [5.41, 5.74) is 0. The normalized spacial score (nSPS) is 24.1. The fourth-order valence-corrected chi connectivity index (χ4v) is 4.22. The molecule has 1 atom stereocenters. The fourth-order valence-electron chi connectivity index (χ4n) is 3.01. The van der Waals surface area contributed by atoms with Gasteiger partial charge < -0.3 is 10.4 Å². The molecule has 0 radical (unpaired) electrons. The van der Waals surface area contributed by atoms with E-state index < -0.39 is 0 Å². The van der Waals surface area contributed by atoms with Gasteiger partial charge in [0.1, 0.15) is 0 Å². The van der Waals surface area contributed by atoms with Crippen molar-refractivity contribution in [3.63, 3.8) is 0 Å². The molecule has 2 fully saturated rings. The predicted molar refractivity (Wildman–Crippen MR) is 75.6 cm³/mol. The highest BCUT2D eigenvalue weighted by atomic mass is 32.2. The summed E-state index contributed by atoms with van der Waals surface area (Å²) in [7, 11) is 0.